The number of alkyl halides is 2. The molecule has 4 rings (SSSR count). The molecule has 9 heteroatoms. The highest BCUT2D eigenvalue weighted by Gasteiger charge is 2.47. The van der Waals surface area contributed by atoms with Crippen LogP contribution in [0.3, 0.4) is 0 Å². The average Bonchev–Trinajstić information content (AvgIpc) is 3.35. The van der Waals surface area contributed by atoms with Gasteiger partial charge in [-0.3, -0.25) is 14.6 Å². The summed E-state index contributed by atoms with van der Waals surface area (Å²) in [4.78, 5) is 29.8. The number of hydrogen-bond acceptors (Lipinski definition) is 5. The molecule has 0 aliphatic carbocycles. The number of furan rings is 1. The third-order valence-electron chi connectivity index (χ3n) is 5.11. The number of fused-ring (bicyclic) bond motifs is 1. The van der Waals surface area contributed by atoms with Crippen molar-refractivity contribution in [2.45, 2.75) is 18.4 Å². The summed E-state index contributed by atoms with van der Waals surface area (Å²) in [5.41, 5.74) is 1.47. The van der Waals surface area contributed by atoms with Crippen LogP contribution in [0.5, 0.6) is 0 Å². The zero-order valence-corrected chi connectivity index (χ0v) is 16.8. The van der Waals surface area contributed by atoms with Crippen LogP contribution in [0.4, 0.5) is 8.78 Å². The van der Waals surface area contributed by atoms with Crippen molar-refractivity contribution in [3.8, 4) is 6.07 Å². The Morgan fingerprint density at radius 1 is 1.31 bits per heavy atom. The second-order valence-electron chi connectivity index (χ2n) is 7.39. The maximum absolute atomic E-state index is 13.5. The van der Waals surface area contributed by atoms with E-state index in [9.17, 15) is 18.4 Å². The number of nitriles is 1. The predicted octanol–water partition coefficient (Wildman–Crippen LogP) is 3.49. The number of nitrogens with one attached hydrogen (secondary N) is 1. The van der Waals surface area contributed by atoms with E-state index < -0.39 is 43.3 Å². The highest BCUT2D eigenvalue weighted by molar-refractivity contribution is 6.00. The molecule has 3 aromatic rings. The fourth-order valence-electron chi connectivity index (χ4n) is 3.55. The number of pyridine rings is 1. The molecule has 162 valence electrons. The minimum Gasteiger partial charge on any atom is -0.457 e. The van der Waals surface area contributed by atoms with E-state index in [1.165, 1.54) is 18.5 Å². The number of nitrogens with zero attached hydrogens (tertiary/aromatic N) is 3. The van der Waals surface area contributed by atoms with Crippen molar-refractivity contribution >= 4 is 34.9 Å². The van der Waals surface area contributed by atoms with Gasteiger partial charge in [-0.15, -0.1) is 0 Å². The Morgan fingerprint density at radius 2 is 2.12 bits per heavy atom. The third kappa shape index (κ3) is 4.49. The molecule has 1 aliphatic rings. The lowest BCUT2D eigenvalue weighted by atomic mass is 10.1. The van der Waals surface area contributed by atoms with E-state index in [0.717, 1.165) is 15.9 Å². The minimum absolute atomic E-state index is 0.253. The Balaban J connectivity index is 1.44. The third-order valence-corrected chi connectivity index (χ3v) is 5.11. The summed E-state index contributed by atoms with van der Waals surface area (Å²) < 4.78 is 32.8. The Hall–Kier alpha value is -4.06. The van der Waals surface area contributed by atoms with Gasteiger partial charge in [0.1, 0.15) is 17.4 Å². The van der Waals surface area contributed by atoms with Crippen LogP contribution < -0.4 is 5.32 Å². The molecule has 1 aromatic carbocycles. The molecule has 0 bridgehead atoms. The number of hydrogen-bond donors (Lipinski definition) is 1. The van der Waals surface area contributed by atoms with Gasteiger partial charge in [0, 0.05) is 35.3 Å². The van der Waals surface area contributed by atoms with Crippen molar-refractivity contribution in [3.05, 3.63) is 65.7 Å². The molecule has 1 saturated heterocycles. The summed E-state index contributed by atoms with van der Waals surface area (Å²) in [5, 5.41) is 12.4. The van der Waals surface area contributed by atoms with E-state index in [0.29, 0.717) is 11.3 Å². The van der Waals surface area contributed by atoms with E-state index >= 15 is 0 Å². The van der Waals surface area contributed by atoms with Gasteiger partial charge in [0.15, 0.2) is 0 Å². The summed E-state index contributed by atoms with van der Waals surface area (Å²) >= 11 is 0. The summed E-state index contributed by atoms with van der Waals surface area (Å²) in [6, 6.07) is 11.4. The van der Waals surface area contributed by atoms with Gasteiger partial charge in [0.25, 0.3) is 11.8 Å². The summed E-state index contributed by atoms with van der Waals surface area (Å²) in [6.07, 6.45) is 5.58. The van der Waals surface area contributed by atoms with E-state index in [4.69, 9.17) is 9.68 Å². The first kappa shape index (κ1) is 21.2. The molecule has 0 spiro atoms. The molecule has 1 fully saturated rings. The molecule has 0 radical (unpaired) electrons. The molecule has 7 nitrogen and oxygen atoms in total. The monoisotopic (exact) mass is 436 g/mol. The number of rotatable bonds is 5. The van der Waals surface area contributed by atoms with Crippen LogP contribution in [-0.4, -0.2) is 46.8 Å². The molecule has 1 N–H and O–H groups in total. The van der Waals surface area contributed by atoms with Crippen LogP contribution in [-0.2, 0) is 4.79 Å². The molecular formula is C23H18F2N4O3. The molecule has 2 amide bonds. The Bertz CT molecular complexity index is 1210. The van der Waals surface area contributed by atoms with Crippen molar-refractivity contribution in [1.82, 2.24) is 15.2 Å². The van der Waals surface area contributed by atoms with Gasteiger partial charge in [0.05, 0.1) is 19.2 Å². The SMILES string of the molecule is N#C[C@@H]1CC(F)(F)CN1C(=O)CNC(=O)c1ccncc1/C=C/c1cc2ccccc2o1. The minimum atomic E-state index is -3.11. The van der Waals surface area contributed by atoms with E-state index in [1.54, 1.807) is 18.2 Å². The first-order valence-corrected chi connectivity index (χ1v) is 9.82. The molecule has 3 heterocycles. The molecule has 1 atom stereocenters. The zero-order chi connectivity index (χ0) is 22.7. The maximum atomic E-state index is 13.5. The number of likely N-dealkylation sites (tertiary alicyclic amines) is 1. The second-order valence-corrected chi connectivity index (χ2v) is 7.39. The quantitative estimate of drug-likeness (QED) is 0.660. The van der Waals surface area contributed by atoms with Crippen LogP contribution in [0.1, 0.15) is 28.1 Å². The van der Waals surface area contributed by atoms with Crippen LogP contribution in [0.2, 0.25) is 0 Å². The molecular weight excluding hydrogens is 418 g/mol. The average molecular weight is 436 g/mol. The Labute approximate surface area is 181 Å². The predicted molar refractivity (Wildman–Crippen MR) is 112 cm³/mol. The highest BCUT2D eigenvalue weighted by Crippen LogP contribution is 2.31. The lowest BCUT2D eigenvalue weighted by Crippen LogP contribution is -2.43. The van der Waals surface area contributed by atoms with Crippen molar-refractivity contribution in [2.75, 3.05) is 13.1 Å². The first-order chi connectivity index (χ1) is 15.4. The molecule has 32 heavy (non-hydrogen) atoms. The van der Waals surface area contributed by atoms with Gasteiger partial charge in [-0.2, -0.15) is 5.26 Å². The summed E-state index contributed by atoms with van der Waals surface area (Å²) in [6.45, 7) is -1.33. The van der Waals surface area contributed by atoms with Crippen LogP contribution >= 0.6 is 0 Å². The van der Waals surface area contributed by atoms with E-state index in [-0.39, 0.29) is 5.56 Å². The van der Waals surface area contributed by atoms with Gasteiger partial charge in [-0.25, -0.2) is 8.78 Å². The Kier molecular flexibility index (Phi) is 5.69. The van der Waals surface area contributed by atoms with Crippen LogP contribution in [0.15, 0.2) is 53.2 Å². The van der Waals surface area contributed by atoms with Gasteiger partial charge >= 0.3 is 0 Å². The first-order valence-electron chi connectivity index (χ1n) is 9.82. The van der Waals surface area contributed by atoms with Crippen molar-refractivity contribution < 1.29 is 22.8 Å². The number of halogens is 2. The molecule has 2 aromatic heterocycles. The van der Waals surface area contributed by atoms with E-state index in [2.05, 4.69) is 10.3 Å². The molecule has 0 saturated carbocycles. The Morgan fingerprint density at radius 3 is 2.91 bits per heavy atom. The van der Waals surface area contributed by atoms with Gasteiger partial charge in [-0.05, 0) is 30.4 Å². The van der Waals surface area contributed by atoms with Gasteiger partial charge in [0.2, 0.25) is 5.91 Å². The number of para-hydroxylation sites is 1. The summed E-state index contributed by atoms with van der Waals surface area (Å²) in [7, 11) is 0. The number of amides is 2. The topological polar surface area (TPSA) is 99.2 Å². The van der Waals surface area contributed by atoms with Gasteiger partial charge in [-0.1, -0.05) is 18.2 Å². The fourth-order valence-corrected chi connectivity index (χ4v) is 3.55. The highest BCUT2D eigenvalue weighted by atomic mass is 19.3. The lowest BCUT2D eigenvalue weighted by Gasteiger charge is -2.19. The van der Waals surface area contributed by atoms with Crippen molar-refractivity contribution in [3.63, 3.8) is 0 Å². The second kappa shape index (κ2) is 8.59. The smallest absolute Gasteiger partial charge is 0.268 e. The lowest BCUT2D eigenvalue weighted by molar-refractivity contribution is -0.131. The fraction of sp³-hybridized carbons (Fsp3) is 0.217. The number of carbonyl (C=O) groups is 2. The van der Waals surface area contributed by atoms with E-state index in [1.807, 2.05) is 30.3 Å². The van der Waals surface area contributed by atoms with Crippen molar-refractivity contribution in [2.24, 2.45) is 0 Å². The summed E-state index contributed by atoms with van der Waals surface area (Å²) in [5.74, 6) is -3.83. The normalized spacial score (nSPS) is 17.5. The van der Waals surface area contributed by atoms with Gasteiger partial charge < -0.3 is 14.6 Å². The standard InChI is InChI=1S/C23H18F2N4O3/c24-23(25)10-17(11-26)29(14-23)21(30)13-28-22(31)19-7-8-27-12-16(19)5-6-18-9-15-3-1-2-4-20(15)32-18/h1-9,12,17H,10,13-14H2,(H,28,31)/b6-5+/t17-/m0/s1. The van der Waals surface area contributed by atoms with Crippen molar-refractivity contribution in [1.29, 1.82) is 5.26 Å². The largest absolute Gasteiger partial charge is 0.457 e. The molecule has 0 unspecified atom stereocenters. The number of benzene rings is 1. The zero-order valence-electron chi connectivity index (χ0n) is 16.8. The molecule has 1 aliphatic heterocycles. The van der Waals surface area contributed by atoms with Crippen LogP contribution in [0.25, 0.3) is 23.1 Å². The maximum Gasteiger partial charge on any atom is 0.268 e. The number of carbonyl (C=O) groups excluding carboxylic acids is 2. The van der Waals surface area contributed by atoms with Crippen LogP contribution in [0, 0.1) is 11.3 Å². The number of aromatic nitrogens is 1.